The zero-order valence-corrected chi connectivity index (χ0v) is 10.9. The summed E-state index contributed by atoms with van der Waals surface area (Å²) in [7, 11) is 0. The Labute approximate surface area is 109 Å². The van der Waals surface area contributed by atoms with Gasteiger partial charge in [-0.05, 0) is 18.2 Å². The summed E-state index contributed by atoms with van der Waals surface area (Å²) >= 11 is 10.5. The van der Waals surface area contributed by atoms with Gasteiger partial charge >= 0.3 is 5.97 Å². The lowest BCUT2D eigenvalue weighted by Crippen LogP contribution is -1.98. The molecule has 3 nitrogen and oxygen atoms in total. The Morgan fingerprint density at radius 1 is 1.50 bits per heavy atom. The van der Waals surface area contributed by atoms with Gasteiger partial charge in [-0.25, -0.2) is 9.78 Å². The third-order valence-electron chi connectivity index (χ3n) is 1.94. The number of benzene rings is 1. The number of halogens is 2. The minimum absolute atomic E-state index is 0.0490. The standard InChI is InChI=1S/C10H5BrClNO2S/c11-7-2-1-5(12)3-6(7)9-8(10(14)15)13-4-16-9/h1-4H,(H,14,15). The van der Waals surface area contributed by atoms with Crippen LogP contribution in [-0.2, 0) is 0 Å². The van der Waals surface area contributed by atoms with E-state index >= 15 is 0 Å². The number of hydrogen-bond donors (Lipinski definition) is 1. The Morgan fingerprint density at radius 3 is 2.94 bits per heavy atom. The van der Waals surface area contributed by atoms with Crippen molar-refractivity contribution in [3.05, 3.63) is 38.9 Å². The van der Waals surface area contributed by atoms with E-state index in [9.17, 15) is 4.79 Å². The van der Waals surface area contributed by atoms with Gasteiger partial charge in [0.1, 0.15) is 0 Å². The van der Waals surface area contributed by atoms with Crippen molar-refractivity contribution < 1.29 is 9.90 Å². The molecule has 0 bridgehead atoms. The normalized spacial score (nSPS) is 10.4. The predicted molar refractivity (Wildman–Crippen MR) is 67.2 cm³/mol. The van der Waals surface area contributed by atoms with Gasteiger partial charge in [-0.15, -0.1) is 11.3 Å². The SMILES string of the molecule is O=C(O)c1ncsc1-c1cc(Cl)ccc1Br. The average molecular weight is 319 g/mol. The Kier molecular flexibility index (Phi) is 3.28. The first-order valence-corrected chi connectivity index (χ1v) is 6.27. The van der Waals surface area contributed by atoms with Gasteiger partial charge < -0.3 is 5.11 Å². The number of rotatable bonds is 2. The molecule has 0 aliphatic carbocycles. The molecule has 2 aromatic rings. The highest BCUT2D eigenvalue weighted by Crippen LogP contribution is 2.35. The van der Waals surface area contributed by atoms with Crippen LogP contribution in [0.3, 0.4) is 0 Å². The quantitative estimate of drug-likeness (QED) is 0.913. The predicted octanol–water partition coefficient (Wildman–Crippen LogP) is 3.92. The van der Waals surface area contributed by atoms with E-state index in [0.29, 0.717) is 9.90 Å². The van der Waals surface area contributed by atoms with Crippen molar-refractivity contribution in [2.45, 2.75) is 0 Å². The molecule has 0 aliphatic rings. The van der Waals surface area contributed by atoms with Crippen LogP contribution in [0.15, 0.2) is 28.2 Å². The number of thiazole rings is 1. The zero-order valence-electron chi connectivity index (χ0n) is 7.78. The van der Waals surface area contributed by atoms with Crippen LogP contribution in [0.25, 0.3) is 10.4 Å². The maximum atomic E-state index is 10.9. The maximum Gasteiger partial charge on any atom is 0.356 e. The molecule has 0 radical (unpaired) electrons. The summed E-state index contributed by atoms with van der Waals surface area (Å²) in [5, 5.41) is 9.53. The van der Waals surface area contributed by atoms with E-state index in [0.717, 1.165) is 10.0 Å². The third kappa shape index (κ3) is 2.11. The largest absolute Gasteiger partial charge is 0.476 e. The minimum atomic E-state index is -1.04. The Balaban J connectivity index is 2.62. The fourth-order valence-electron chi connectivity index (χ4n) is 1.26. The first-order chi connectivity index (χ1) is 7.59. The monoisotopic (exact) mass is 317 g/mol. The van der Waals surface area contributed by atoms with Crippen molar-refractivity contribution in [2.24, 2.45) is 0 Å². The van der Waals surface area contributed by atoms with Crippen LogP contribution in [0.1, 0.15) is 10.5 Å². The first-order valence-electron chi connectivity index (χ1n) is 4.22. The Morgan fingerprint density at radius 2 is 2.25 bits per heavy atom. The number of hydrogen-bond acceptors (Lipinski definition) is 3. The molecule has 0 aliphatic heterocycles. The summed E-state index contributed by atoms with van der Waals surface area (Å²) in [5.74, 6) is -1.04. The van der Waals surface area contributed by atoms with Gasteiger partial charge in [-0.2, -0.15) is 0 Å². The zero-order chi connectivity index (χ0) is 11.7. The van der Waals surface area contributed by atoms with Crippen LogP contribution in [-0.4, -0.2) is 16.1 Å². The molecular weight excluding hydrogens is 314 g/mol. The Hall–Kier alpha value is -0.910. The first kappa shape index (κ1) is 11.6. The van der Waals surface area contributed by atoms with Crippen LogP contribution in [0, 0.1) is 0 Å². The molecule has 1 N–H and O–H groups in total. The third-order valence-corrected chi connectivity index (χ3v) is 3.73. The lowest BCUT2D eigenvalue weighted by atomic mass is 10.1. The molecular formula is C10H5BrClNO2S. The second kappa shape index (κ2) is 4.53. The van der Waals surface area contributed by atoms with Crippen LogP contribution in [0.2, 0.25) is 5.02 Å². The van der Waals surface area contributed by atoms with Gasteiger partial charge in [0.2, 0.25) is 0 Å². The van der Waals surface area contributed by atoms with E-state index < -0.39 is 5.97 Å². The van der Waals surface area contributed by atoms with Gasteiger partial charge in [0.25, 0.3) is 0 Å². The van der Waals surface area contributed by atoms with Gasteiger partial charge in [0, 0.05) is 15.1 Å². The fraction of sp³-hybridized carbons (Fsp3) is 0. The molecule has 0 amide bonds. The second-order valence-corrected chi connectivity index (χ2v) is 5.10. The van der Waals surface area contributed by atoms with Gasteiger partial charge in [0.05, 0.1) is 10.4 Å². The lowest BCUT2D eigenvalue weighted by molar-refractivity contribution is 0.0692. The minimum Gasteiger partial charge on any atom is -0.476 e. The van der Waals surface area contributed by atoms with Crippen LogP contribution in [0.5, 0.6) is 0 Å². The average Bonchev–Trinajstić information content (AvgIpc) is 2.70. The van der Waals surface area contributed by atoms with Crippen LogP contribution >= 0.6 is 38.9 Å². The van der Waals surface area contributed by atoms with Crippen molar-refractivity contribution in [3.63, 3.8) is 0 Å². The number of aromatic carboxylic acids is 1. The highest BCUT2D eigenvalue weighted by atomic mass is 79.9. The summed E-state index contributed by atoms with van der Waals surface area (Å²) < 4.78 is 0.795. The number of carboxylic acid groups (broad SMARTS) is 1. The van der Waals surface area contributed by atoms with Crippen molar-refractivity contribution >= 4 is 44.8 Å². The summed E-state index contributed by atoms with van der Waals surface area (Å²) in [5.41, 5.74) is 2.30. The highest BCUT2D eigenvalue weighted by molar-refractivity contribution is 9.10. The van der Waals surface area contributed by atoms with E-state index in [2.05, 4.69) is 20.9 Å². The molecule has 0 spiro atoms. The molecule has 0 atom stereocenters. The van der Waals surface area contributed by atoms with Crippen LogP contribution < -0.4 is 0 Å². The topological polar surface area (TPSA) is 50.2 Å². The smallest absolute Gasteiger partial charge is 0.356 e. The molecule has 16 heavy (non-hydrogen) atoms. The van der Waals surface area contributed by atoms with Gasteiger partial charge in [-0.3, -0.25) is 0 Å². The number of carbonyl (C=O) groups is 1. The number of aromatic nitrogens is 1. The van der Waals surface area contributed by atoms with Crippen molar-refractivity contribution in [2.75, 3.05) is 0 Å². The fourth-order valence-corrected chi connectivity index (χ4v) is 2.82. The number of carboxylic acids is 1. The molecule has 1 aromatic heterocycles. The molecule has 0 saturated carbocycles. The summed E-state index contributed by atoms with van der Waals surface area (Å²) in [6.07, 6.45) is 0. The molecule has 0 fully saturated rings. The molecule has 1 heterocycles. The molecule has 1 aromatic carbocycles. The van der Waals surface area contributed by atoms with E-state index in [1.165, 1.54) is 16.8 Å². The van der Waals surface area contributed by atoms with Crippen molar-refractivity contribution in [1.29, 1.82) is 0 Å². The van der Waals surface area contributed by atoms with Gasteiger partial charge in [-0.1, -0.05) is 27.5 Å². The van der Waals surface area contributed by atoms with Crippen molar-refractivity contribution in [3.8, 4) is 10.4 Å². The van der Waals surface area contributed by atoms with Crippen molar-refractivity contribution in [1.82, 2.24) is 4.98 Å². The number of nitrogens with zero attached hydrogens (tertiary/aromatic N) is 1. The molecule has 0 unspecified atom stereocenters. The summed E-state index contributed by atoms with van der Waals surface area (Å²) in [4.78, 5) is 15.4. The van der Waals surface area contributed by atoms with Gasteiger partial charge in [0.15, 0.2) is 5.69 Å². The maximum absolute atomic E-state index is 10.9. The molecule has 0 saturated heterocycles. The van der Waals surface area contributed by atoms with E-state index in [4.69, 9.17) is 16.7 Å². The summed E-state index contributed by atoms with van der Waals surface area (Å²) in [6, 6.07) is 5.23. The molecule has 6 heteroatoms. The van der Waals surface area contributed by atoms with E-state index in [1.807, 2.05) is 0 Å². The van der Waals surface area contributed by atoms with E-state index in [1.54, 1.807) is 18.2 Å². The lowest BCUT2D eigenvalue weighted by Gasteiger charge is -2.03. The Bertz CT molecular complexity index is 556. The molecule has 82 valence electrons. The van der Waals surface area contributed by atoms with Crippen LogP contribution in [0.4, 0.5) is 0 Å². The summed E-state index contributed by atoms with van der Waals surface area (Å²) in [6.45, 7) is 0. The molecule has 2 rings (SSSR count). The van der Waals surface area contributed by atoms with E-state index in [-0.39, 0.29) is 5.69 Å². The highest BCUT2D eigenvalue weighted by Gasteiger charge is 2.17. The second-order valence-electron chi connectivity index (χ2n) is 2.96.